The molecule has 2 fully saturated rings. The maximum Gasteiger partial charge on any atom is 0.335 e. The van der Waals surface area contributed by atoms with Crippen LogP contribution in [0.5, 0.6) is 11.5 Å². The van der Waals surface area contributed by atoms with Crippen molar-refractivity contribution in [3.63, 3.8) is 0 Å². The number of methoxy groups -OCH3 is 1. The van der Waals surface area contributed by atoms with Crippen LogP contribution in [0.4, 0.5) is 0 Å². The van der Waals surface area contributed by atoms with E-state index in [2.05, 4.69) is 30.0 Å². The number of carboxylic acids is 1. The smallest absolute Gasteiger partial charge is 0.335 e. The second kappa shape index (κ2) is 8.43. The zero-order valence-electron chi connectivity index (χ0n) is 19.0. The van der Waals surface area contributed by atoms with Crippen LogP contribution < -0.4 is 9.47 Å². The summed E-state index contributed by atoms with van der Waals surface area (Å²) in [6, 6.07) is 13.9. The van der Waals surface area contributed by atoms with E-state index in [4.69, 9.17) is 14.6 Å². The van der Waals surface area contributed by atoms with Gasteiger partial charge in [0.25, 0.3) is 0 Å². The molecule has 2 aromatic carbocycles. The number of benzene rings is 2. The first-order valence-electron chi connectivity index (χ1n) is 11.9. The van der Waals surface area contributed by atoms with Gasteiger partial charge in [-0.25, -0.2) is 4.79 Å². The minimum atomic E-state index is -0.916. The Bertz CT molecular complexity index is 984. The summed E-state index contributed by atoms with van der Waals surface area (Å²) in [4.78, 5) is 13.9. The zero-order valence-corrected chi connectivity index (χ0v) is 19.0. The molecule has 2 aliphatic carbocycles. The molecule has 0 spiro atoms. The summed E-state index contributed by atoms with van der Waals surface area (Å²) < 4.78 is 11.7. The molecule has 0 radical (unpaired) electrons. The highest BCUT2D eigenvalue weighted by Crippen LogP contribution is 2.52. The molecule has 170 valence electrons. The van der Waals surface area contributed by atoms with E-state index in [1.165, 1.54) is 30.5 Å². The summed E-state index contributed by atoms with van der Waals surface area (Å²) in [5.74, 6) is 2.19. The van der Waals surface area contributed by atoms with Gasteiger partial charge in [-0.2, -0.15) is 0 Å². The number of aromatic carboxylic acids is 1. The van der Waals surface area contributed by atoms with E-state index >= 15 is 0 Å². The Morgan fingerprint density at radius 2 is 1.91 bits per heavy atom. The predicted octanol–water partition coefficient (Wildman–Crippen LogP) is 4.78. The lowest BCUT2D eigenvalue weighted by atomic mass is 9.56. The number of ether oxygens (including phenoxy) is 2. The van der Waals surface area contributed by atoms with Crippen molar-refractivity contribution in [3.8, 4) is 11.5 Å². The molecular formula is C27H33NO4. The maximum atomic E-state index is 11.1. The van der Waals surface area contributed by atoms with Crippen molar-refractivity contribution in [2.45, 2.75) is 50.5 Å². The summed E-state index contributed by atoms with van der Waals surface area (Å²) in [5.41, 5.74) is 3.26. The van der Waals surface area contributed by atoms with Gasteiger partial charge in [0.15, 0.2) is 0 Å². The van der Waals surface area contributed by atoms with E-state index in [9.17, 15) is 4.79 Å². The molecule has 3 unspecified atom stereocenters. The Labute approximate surface area is 190 Å². The SMILES string of the molecule is COc1ccc2c(c1)C1(CCOc3ccc(C(=O)O)cc3)CCN(CC3CC3)C(C2)C1C. The van der Waals surface area contributed by atoms with Crippen LogP contribution >= 0.6 is 0 Å². The van der Waals surface area contributed by atoms with Crippen molar-refractivity contribution in [2.24, 2.45) is 11.8 Å². The molecule has 1 N–H and O–H groups in total. The van der Waals surface area contributed by atoms with Crippen LogP contribution in [0.2, 0.25) is 0 Å². The molecule has 5 heteroatoms. The molecule has 5 rings (SSSR count). The van der Waals surface area contributed by atoms with Crippen LogP contribution in [0.25, 0.3) is 0 Å². The first-order chi connectivity index (χ1) is 15.5. The Balaban J connectivity index is 1.38. The van der Waals surface area contributed by atoms with Gasteiger partial charge in [-0.05, 0) is 98.0 Å². The van der Waals surface area contributed by atoms with Crippen LogP contribution in [0.15, 0.2) is 42.5 Å². The number of hydrogen-bond donors (Lipinski definition) is 1. The van der Waals surface area contributed by atoms with Gasteiger partial charge in [-0.1, -0.05) is 13.0 Å². The summed E-state index contributed by atoms with van der Waals surface area (Å²) >= 11 is 0. The van der Waals surface area contributed by atoms with Gasteiger partial charge in [0.2, 0.25) is 0 Å². The fraction of sp³-hybridized carbons (Fsp3) is 0.519. The number of fused-ring (bicyclic) bond motifs is 4. The molecular weight excluding hydrogens is 402 g/mol. The molecule has 0 amide bonds. The highest BCUT2D eigenvalue weighted by Gasteiger charge is 2.51. The molecule has 1 aliphatic heterocycles. The van der Waals surface area contributed by atoms with Gasteiger partial charge >= 0.3 is 5.97 Å². The number of carboxylic acid groups (broad SMARTS) is 1. The van der Waals surface area contributed by atoms with Gasteiger partial charge < -0.3 is 14.6 Å². The van der Waals surface area contributed by atoms with Crippen molar-refractivity contribution in [2.75, 3.05) is 26.8 Å². The van der Waals surface area contributed by atoms with Crippen LogP contribution in [0, 0.1) is 11.8 Å². The van der Waals surface area contributed by atoms with E-state index in [-0.39, 0.29) is 11.0 Å². The second-order valence-corrected chi connectivity index (χ2v) is 9.86. The lowest BCUT2D eigenvalue weighted by molar-refractivity contribution is 0.00988. The Morgan fingerprint density at radius 1 is 1.16 bits per heavy atom. The molecule has 1 saturated carbocycles. The normalized spacial score (nSPS) is 26.9. The number of nitrogens with zero attached hydrogens (tertiary/aromatic N) is 1. The number of hydrogen-bond acceptors (Lipinski definition) is 4. The fourth-order valence-electron chi connectivity index (χ4n) is 6.05. The Kier molecular flexibility index (Phi) is 5.62. The highest BCUT2D eigenvalue weighted by molar-refractivity contribution is 5.87. The van der Waals surface area contributed by atoms with Crippen molar-refractivity contribution >= 4 is 5.97 Å². The standard InChI is InChI=1S/C27H33NO4/c1-18-25-15-21-7-10-23(31-2)16-24(21)27(18,11-13-28(25)17-19-3-4-19)12-14-32-22-8-5-20(6-9-22)26(29)30/h5-10,16,18-19,25H,3-4,11-15,17H2,1-2H3,(H,29,30). The van der Waals surface area contributed by atoms with Crippen LogP contribution in [-0.2, 0) is 11.8 Å². The number of rotatable bonds is 8. The van der Waals surface area contributed by atoms with E-state index < -0.39 is 5.97 Å². The first-order valence-corrected chi connectivity index (χ1v) is 11.9. The van der Waals surface area contributed by atoms with Gasteiger partial charge in [0.1, 0.15) is 11.5 Å². The Hall–Kier alpha value is -2.53. The highest BCUT2D eigenvalue weighted by atomic mass is 16.5. The summed E-state index contributed by atoms with van der Waals surface area (Å²) in [5, 5.41) is 9.11. The summed E-state index contributed by atoms with van der Waals surface area (Å²) in [6.45, 7) is 5.45. The van der Waals surface area contributed by atoms with Crippen molar-refractivity contribution in [3.05, 3.63) is 59.2 Å². The third-order valence-corrected chi connectivity index (χ3v) is 8.15. The number of carbonyl (C=O) groups is 1. The van der Waals surface area contributed by atoms with Gasteiger partial charge in [0.05, 0.1) is 19.3 Å². The largest absolute Gasteiger partial charge is 0.497 e. The molecule has 32 heavy (non-hydrogen) atoms. The lowest BCUT2D eigenvalue weighted by Gasteiger charge is -2.56. The zero-order chi connectivity index (χ0) is 22.3. The molecule has 3 aliphatic rings. The third kappa shape index (κ3) is 3.88. The molecule has 1 heterocycles. The first kappa shape index (κ1) is 21.3. The van der Waals surface area contributed by atoms with Crippen LogP contribution in [-0.4, -0.2) is 48.8 Å². The van der Waals surface area contributed by atoms with Gasteiger partial charge in [0, 0.05) is 18.0 Å². The fourth-order valence-corrected chi connectivity index (χ4v) is 6.05. The van der Waals surface area contributed by atoms with E-state index in [1.807, 2.05) is 0 Å². The monoisotopic (exact) mass is 435 g/mol. The number of piperidine rings is 1. The van der Waals surface area contributed by atoms with E-state index in [0.717, 1.165) is 43.2 Å². The summed E-state index contributed by atoms with van der Waals surface area (Å²) in [7, 11) is 1.74. The quantitative estimate of drug-likeness (QED) is 0.647. The van der Waals surface area contributed by atoms with Crippen LogP contribution in [0.1, 0.15) is 54.1 Å². The molecule has 3 atom stereocenters. The molecule has 0 aromatic heterocycles. The minimum absolute atomic E-state index is 0.0772. The maximum absolute atomic E-state index is 11.1. The van der Waals surface area contributed by atoms with Crippen molar-refractivity contribution in [1.82, 2.24) is 4.90 Å². The van der Waals surface area contributed by atoms with Crippen LogP contribution in [0.3, 0.4) is 0 Å². The Morgan fingerprint density at radius 3 is 2.59 bits per heavy atom. The topological polar surface area (TPSA) is 59.0 Å². The van der Waals surface area contributed by atoms with E-state index in [1.54, 1.807) is 31.4 Å². The second-order valence-electron chi connectivity index (χ2n) is 9.86. The predicted molar refractivity (Wildman–Crippen MR) is 124 cm³/mol. The summed E-state index contributed by atoms with van der Waals surface area (Å²) in [6.07, 6.45) is 5.99. The van der Waals surface area contributed by atoms with Gasteiger partial charge in [-0.3, -0.25) is 4.90 Å². The average molecular weight is 436 g/mol. The van der Waals surface area contributed by atoms with Gasteiger partial charge in [-0.15, -0.1) is 0 Å². The van der Waals surface area contributed by atoms with Crippen molar-refractivity contribution < 1.29 is 19.4 Å². The molecule has 5 nitrogen and oxygen atoms in total. The molecule has 2 aromatic rings. The molecule has 1 saturated heterocycles. The van der Waals surface area contributed by atoms with Crippen molar-refractivity contribution in [1.29, 1.82) is 0 Å². The average Bonchev–Trinajstić information content (AvgIpc) is 3.61. The third-order valence-electron chi connectivity index (χ3n) is 8.15. The molecule has 2 bridgehead atoms. The minimum Gasteiger partial charge on any atom is -0.497 e. The van der Waals surface area contributed by atoms with E-state index in [0.29, 0.717) is 18.6 Å². The number of likely N-dealkylation sites (tertiary alicyclic amines) is 1. The lowest BCUT2D eigenvalue weighted by Crippen LogP contribution is -2.59.